The van der Waals surface area contributed by atoms with Crippen molar-refractivity contribution in [2.45, 2.75) is 11.4 Å². The lowest BCUT2D eigenvalue weighted by molar-refractivity contribution is 0.352. The first-order chi connectivity index (χ1) is 9.70. The van der Waals surface area contributed by atoms with Gasteiger partial charge in [0.2, 0.25) is 0 Å². The predicted octanol–water partition coefficient (Wildman–Crippen LogP) is 3.83. The molecule has 2 aromatic carbocycles. The topological polar surface area (TPSA) is 26.3 Å². The summed E-state index contributed by atoms with van der Waals surface area (Å²) in [6, 6.07) is 16.4. The van der Waals surface area contributed by atoms with Crippen molar-refractivity contribution in [1.82, 2.24) is 4.31 Å². The molecule has 0 bridgehead atoms. The molecule has 0 saturated heterocycles. The fraction of sp³-hybridized carbons (Fsp3) is 0.200. The van der Waals surface area contributed by atoms with Crippen molar-refractivity contribution in [2.24, 2.45) is 0 Å². The van der Waals surface area contributed by atoms with Gasteiger partial charge in [0.25, 0.3) is 0 Å². The lowest BCUT2D eigenvalue weighted by Crippen LogP contribution is -2.32. The first-order valence-electron chi connectivity index (χ1n) is 6.23. The van der Waals surface area contributed by atoms with Crippen LogP contribution >= 0.6 is 11.6 Å². The van der Waals surface area contributed by atoms with Gasteiger partial charge in [-0.2, -0.15) is 0 Å². The fourth-order valence-corrected chi connectivity index (χ4v) is 3.10. The molecular formula is C15H15ClFNOS. The summed E-state index contributed by atoms with van der Waals surface area (Å²) in [5.74, 6) is 0. The van der Waals surface area contributed by atoms with E-state index in [0.29, 0.717) is 16.5 Å². The van der Waals surface area contributed by atoms with Crippen LogP contribution in [0.25, 0.3) is 0 Å². The Hall–Kier alpha value is -1.07. The maximum Gasteiger partial charge on any atom is 0.174 e. The highest BCUT2D eigenvalue weighted by Gasteiger charge is 2.22. The van der Waals surface area contributed by atoms with Crippen LogP contribution in [0.15, 0.2) is 59.5 Å². The van der Waals surface area contributed by atoms with Crippen molar-refractivity contribution < 1.29 is 8.94 Å². The zero-order valence-corrected chi connectivity index (χ0v) is 12.4. The highest BCUT2D eigenvalue weighted by Crippen LogP contribution is 2.20. The molecule has 0 aliphatic carbocycles. The van der Waals surface area contributed by atoms with E-state index in [9.17, 15) is 8.94 Å². The molecule has 20 heavy (non-hydrogen) atoms. The molecule has 0 aliphatic rings. The van der Waals surface area contributed by atoms with E-state index in [1.165, 1.54) is 0 Å². The molecule has 0 spiro atoms. The number of hydrogen-bond donors (Lipinski definition) is 0. The monoisotopic (exact) mass is 311 g/mol. The van der Waals surface area contributed by atoms with Crippen molar-refractivity contribution in [2.75, 3.05) is 13.2 Å². The normalized spacial score (nSPS) is 12.6. The van der Waals surface area contributed by atoms with Crippen LogP contribution in [-0.2, 0) is 17.9 Å². The first kappa shape index (κ1) is 15.3. The summed E-state index contributed by atoms with van der Waals surface area (Å²) < 4.78 is 26.8. The van der Waals surface area contributed by atoms with E-state index >= 15 is 0 Å². The maximum absolute atomic E-state index is 12.7. The number of nitrogens with zero attached hydrogens (tertiary/aromatic N) is 1. The molecule has 0 aromatic heterocycles. The van der Waals surface area contributed by atoms with Crippen LogP contribution in [0, 0.1) is 0 Å². The molecule has 0 saturated carbocycles. The van der Waals surface area contributed by atoms with Gasteiger partial charge in [0, 0.05) is 5.02 Å². The van der Waals surface area contributed by atoms with E-state index in [4.69, 9.17) is 11.6 Å². The smallest absolute Gasteiger partial charge is 0.174 e. The van der Waals surface area contributed by atoms with Crippen molar-refractivity contribution in [3.63, 3.8) is 0 Å². The van der Waals surface area contributed by atoms with Crippen LogP contribution in [0.3, 0.4) is 0 Å². The van der Waals surface area contributed by atoms with Gasteiger partial charge < -0.3 is 4.55 Å². The summed E-state index contributed by atoms with van der Waals surface area (Å²) in [6.07, 6.45) is 0. The van der Waals surface area contributed by atoms with Gasteiger partial charge in [-0.3, -0.25) is 0 Å². The Morgan fingerprint density at radius 3 is 2.30 bits per heavy atom. The summed E-state index contributed by atoms with van der Waals surface area (Å²) in [6.45, 7) is 0.0380. The summed E-state index contributed by atoms with van der Waals surface area (Å²) in [7, 11) is 0. The highest BCUT2D eigenvalue weighted by atomic mass is 35.5. The Labute approximate surface area is 126 Å². The van der Waals surface area contributed by atoms with Gasteiger partial charge in [0.1, 0.15) is 6.67 Å². The van der Waals surface area contributed by atoms with Crippen molar-refractivity contribution in [1.29, 1.82) is 0 Å². The Bertz CT molecular complexity index is 523. The Morgan fingerprint density at radius 2 is 1.70 bits per heavy atom. The van der Waals surface area contributed by atoms with Gasteiger partial charge in [-0.1, -0.05) is 41.9 Å². The van der Waals surface area contributed by atoms with Crippen LogP contribution in [-0.4, -0.2) is 22.1 Å². The molecule has 1 unspecified atom stereocenters. The second-order valence-corrected chi connectivity index (χ2v) is 6.16. The SMILES string of the molecule is [O-][S+](c1ccc(Cl)cc1)N(CCF)Cc1ccccc1. The third kappa shape index (κ3) is 4.21. The summed E-state index contributed by atoms with van der Waals surface area (Å²) in [5, 5.41) is 0.589. The highest BCUT2D eigenvalue weighted by molar-refractivity contribution is 7.89. The summed E-state index contributed by atoms with van der Waals surface area (Å²) in [5.41, 5.74) is 1.00. The minimum Gasteiger partial charge on any atom is -0.593 e. The zero-order valence-electron chi connectivity index (χ0n) is 10.8. The largest absolute Gasteiger partial charge is 0.593 e. The van der Waals surface area contributed by atoms with Crippen LogP contribution in [0.4, 0.5) is 4.39 Å². The number of rotatable bonds is 6. The third-order valence-electron chi connectivity index (χ3n) is 2.79. The Kier molecular flexibility index (Phi) is 5.86. The molecule has 2 rings (SSSR count). The van der Waals surface area contributed by atoms with E-state index in [0.717, 1.165) is 5.56 Å². The van der Waals surface area contributed by atoms with E-state index in [1.54, 1.807) is 28.6 Å². The lowest BCUT2D eigenvalue weighted by Gasteiger charge is -2.23. The molecule has 0 heterocycles. The second kappa shape index (κ2) is 7.64. The Balaban J connectivity index is 2.13. The number of alkyl halides is 1. The van der Waals surface area contributed by atoms with E-state index in [1.807, 2.05) is 30.3 Å². The number of benzene rings is 2. The number of hydrogen-bond acceptors (Lipinski definition) is 2. The molecule has 0 aliphatic heterocycles. The van der Waals surface area contributed by atoms with Crippen LogP contribution < -0.4 is 0 Å². The average molecular weight is 312 g/mol. The molecular weight excluding hydrogens is 297 g/mol. The minimum absolute atomic E-state index is 0.129. The van der Waals surface area contributed by atoms with Crippen molar-refractivity contribution in [3.05, 3.63) is 65.2 Å². The van der Waals surface area contributed by atoms with E-state index < -0.39 is 18.0 Å². The molecule has 5 heteroatoms. The van der Waals surface area contributed by atoms with Crippen LogP contribution in [0.2, 0.25) is 5.02 Å². The maximum atomic E-state index is 12.7. The van der Waals surface area contributed by atoms with Crippen molar-refractivity contribution >= 4 is 23.0 Å². The fourth-order valence-electron chi connectivity index (χ4n) is 1.80. The van der Waals surface area contributed by atoms with E-state index in [-0.39, 0.29) is 6.54 Å². The third-order valence-corrected chi connectivity index (χ3v) is 4.49. The Morgan fingerprint density at radius 1 is 1.05 bits per heavy atom. The minimum atomic E-state index is -1.40. The van der Waals surface area contributed by atoms with Gasteiger partial charge in [-0.05, 0) is 29.8 Å². The first-order valence-corrected chi connectivity index (χ1v) is 7.71. The van der Waals surface area contributed by atoms with Gasteiger partial charge >= 0.3 is 0 Å². The standard InChI is InChI=1S/C15H15ClFNOS/c16-14-6-8-15(9-7-14)20(19)18(11-10-17)12-13-4-2-1-3-5-13/h1-9H,10-12H2. The predicted molar refractivity (Wildman–Crippen MR) is 80.7 cm³/mol. The molecule has 106 valence electrons. The molecule has 0 amide bonds. The molecule has 0 fully saturated rings. The van der Waals surface area contributed by atoms with Crippen LogP contribution in [0.1, 0.15) is 5.56 Å². The second-order valence-electron chi connectivity index (χ2n) is 4.24. The molecule has 2 aromatic rings. The van der Waals surface area contributed by atoms with Crippen LogP contribution in [0.5, 0.6) is 0 Å². The average Bonchev–Trinajstić information content (AvgIpc) is 2.48. The van der Waals surface area contributed by atoms with Gasteiger partial charge in [-0.25, -0.2) is 4.39 Å². The molecule has 0 radical (unpaired) electrons. The zero-order chi connectivity index (χ0) is 14.4. The molecule has 0 N–H and O–H groups in total. The van der Waals surface area contributed by atoms with E-state index in [2.05, 4.69) is 0 Å². The quantitative estimate of drug-likeness (QED) is 0.758. The van der Waals surface area contributed by atoms with Crippen molar-refractivity contribution in [3.8, 4) is 0 Å². The summed E-state index contributed by atoms with van der Waals surface area (Å²) >= 11 is 4.42. The van der Waals surface area contributed by atoms with Gasteiger partial charge in [0.05, 0.1) is 24.5 Å². The number of halogens is 2. The van der Waals surface area contributed by atoms with Gasteiger partial charge in [-0.15, -0.1) is 4.31 Å². The molecule has 1 atom stereocenters. The summed E-state index contributed by atoms with van der Waals surface area (Å²) in [4.78, 5) is 0.624. The van der Waals surface area contributed by atoms with Gasteiger partial charge in [0.15, 0.2) is 4.90 Å². The molecule has 2 nitrogen and oxygen atoms in total. The lowest BCUT2D eigenvalue weighted by atomic mass is 10.2.